The third kappa shape index (κ3) is 3.37. The third-order valence-corrected chi connectivity index (χ3v) is 6.92. The lowest BCUT2D eigenvalue weighted by Gasteiger charge is -2.13. The molecule has 0 spiro atoms. The molecule has 1 aliphatic rings. The van der Waals surface area contributed by atoms with Crippen molar-refractivity contribution in [2.45, 2.75) is 29.7 Å². The van der Waals surface area contributed by atoms with Gasteiger partial charge in [0.2, 0.25) is 0 Å². The maximum Gasteiger partial charge on any atom is 0.291 e. The average molecular weight is 484 g/mol. The fourth-order valence-electron chi connectivity index (χ4n) is 2.44. The molecule has 26 heavy (non-hydrogen) atoms. The number of fused-ring (bicyclic) bond motifs is 1. The topological polar surface area (TPSA) is 42.2 Å². The highest BCUT2D eigenvalue weighted by atomic mass is 79.9. The minimum atomic E-state index is -2.66. The van der Waals surface area contributed by atoms with Crippen LogP contribution in [0.15, 0.2) is 27.7 Å². The number of hydrogen-bond donors (Lipinski definition) is 1. The first-order chi connectivity index (χ1) is 12.4. The lowest BCUT2D eigenvalue weighted by atomic mass is 10.3. The maximum absolute atomic E-state index is 13.0. The lowest BCUT2D eigenvalue weighted by molar-refractivity contribution is 0.150. The van der Waals surface area contributed by atoms with Crippen LogP contribution in [0.3, 0.4) is 0 Å². The molecule has 138 valence electrons. The maximum atomic E-state index is 13.0. The molecule has 3 aromatic rings. The van der Waals surface area contributed by atoms with Crippen LogP contribution in [0.5, 0.6) is 0 Å². The molecule has 1 saturated carbocycles. The van der Waals surface area contributed by atoms with Crippen LogP contribution in [0.1, 0.15) is 24.3 Å². The number of aromatic nitrogens is 3. The molecule has 0 atom stereocenters. The van der Waals surface area contributed by atoms with E-state index < -0.39 is 18.6 Å². The Morgan fingerprint density at radius 3 is 2.77 bits per heavy atom. The Morgan fingerprint density at radius 2 is 2.15 bits per heavy atom. The molecule has 0 bridgehead atoms. The van der Waals surface area contributed by atoms with Crippen molar-refractivity contribution in [1.82, 2.24) is 19.3 Å². The summed E-state index contributed by atoms with van der Waals surface area (Å²) in [6.45, 7) is -0.419. The van der Waals surface area contributed by atoms with E-state index in [1.54, 1.807) is 16.5 Å². The van der Waals surface area contributed by atoms with E-state index in [2.05, 4.69) is 30.8 Å². The predicted octanol–water partition coefficient (Wildman–Crippen LogP) is 5.91. The third-order valence-electron chi connectivity index (χ3n) is 4.08. The predicted molar refractivity (Wildman–Crippen MR) is 101 cm³/mol. The van der Waals surface area contributed by atoms with Crippen LogP contribution >= 0.6 is 50.8 Å². The Labute approximate surface area is 168 Å². The van der Waals surface area contributed by atoms with Gasteiger partial charge in [0.1, 0.15) is 6.67 Å². The van der Waals surface area contributed by atoms with E-state index in [0.717, 1.165) is 33.5 Å². The minimum absolute atomic E-state index is 0.331. The summed E-state index contributed by atoms with van der Waals surface area (Å²) in [5.74, 6) is 0. The van der Waals surface area contributed by atoms with E-state index >= 15 is 0 Å². The molecule has 0 aliphatic heterocycles. The van der Waals surface area contributed by atoms with Gasteiger partial charge in [0.15, 0.2) is 10.0 Å². The zero-order valence-corrected chi connectivity index (χ0v) is 17.0. The van der Waals surface area contributed by atoms with Gasteiger partial charge in [0, 0.05) is 15.6 Å². The van der Waals surface area contributed by atoms with Gasteiger partial charge in [-0.05, 0) is 52.9 Å². The molecule has 0 saturated heterocycles. The second-order valence-corrected chi connectivity index (χ2v) is 9.13. The van der Waals surface area contributed by atoms with E-state index in [4.69, 9.17) is 11.6 Å². The SMILES string of the molecule is FCC1(NSc2cc(Cl)c3c(Br)cc(-c4nnc(C(F)F)s4)n3c2)CC1. The van der Waals surface area contributed by atoms with Crippen LogP contribution in [-0.4, -0.2) is 26.8 Å². The molecule has 0 amide bonds. The van der Waals surface area contributed by atoms with Gasteiger partial charge in [-0.1, -0.05) is 22.9 Å². The van der Waals surface area contributed by atoms with Gasteiger partial charge in [0.05, 0.1) is 21.8 Å². The highest BCUT2D eigenvalue weighted by Crippen LogP contribution is 2.41. The molecular formula is C15H11BrClF3N4S2. The van der Waals surface area contributed by atoms with Crippen molar-refractivity contribution in [3.63, 3.8) is 0 Å². The lowest BCUT2D eigenvalue weighted by Crippen LogP contribution is -2.27. The number of pyridine rings is 1. The smallest absolute Gasteiger partial charge is 0.291 e. The van der Waals surface area contributed by atoms with Gasteiger partial charge >= 0.3 is 0 Å². The second-order valence-electron chi connectivity index (χ2n) is 5.98. The van der Waals surface area contributed by atoms with Gasteiger partial charge in [-0.15, -0.1) is 10.2 Å². The fraction of sp³-hybridized carbons (Fsp3) is 0.333. The van der Waals surface area contributed by atoms with Crippen molar-refractivity contribution in [2.75, 3.05) is 6.67 Å². The fourth-order valence-corrected chi connectivity index (χ4v) is 5.19. The monoisotopic (exact) mass is 482 g/mol. The van der Waals surface area contributed by atoms with Crippen molar-refractivity contribution in [3.05, 3.63) is 32.8 Å². The number of nitrogens with one attached hydrogen (secondary N) is 1. The molecule has 1 aliphatic carbocycles. The number of nitrogens with zero attached hydrogens (tertiary/aromatic N) is 3. The number of halogens is 5. The first-order valence-corrected chi connectivity index (χ1v) is 10.3. The van der Waals surface area contributed by atoms with E-state index in [1.165, 1.54) is 11.9 Å². The molecule has 0 radical (unpaired) electrons. The molecule has 4 rings (SSSR count). The number of hydrogen-bond acceptors (Lipinski definition) is 5. The summed E-state index contributed by atoms with van der Waals surface area (Å²) in [6, 6.07) is 3.55. The van der Waals surface area contributed by atoms with Crippen molar-refractivity contribution in [3.8, 4) is 10.7 Å². The van der Waals surface area contributed by atoms with Gasteiger partial charge < -0.3 is 4.40 Å². The van der Waals surface area contributed by atoms with Crippen LogP contribution in [0, 0.1) is 0 Å². The van der Waals surface area contributed by atoms with E-state index in [1.807, 2.05) is 6.20 Å². The molecule has 3 heterocycles. The van der Waals surface area contributed by atoms with Gasteiger partial charge in [-0.3, -0.25) is 4.72 Å². The van der Waals surface area contributed by atoms with Gasteiger partial charge in [-0.25, -0.2) is 13.2 Å². The first-order valence-electron chi connectivity index (χ1n) is 7.54. The van der Waals surface area contributed by atoms with Crippen LogP contribution in [0.2, 0.25) is 5.02 Å². The van der Waals surface area contributed by atoms with Gasteiger partial charge in [-0.2, -0.15) is 0 Å². The van der Waals surface area contributed by atoms with Crippen LogP contribution in [-0.2, 0) is 0 Å². The Bertz CT molecular complexity index is 973. The first kappa shape index (κ1) is 18.5. The van der Waals surface area contributed by atoms with Gasteiger partial charge in [0.25, 0.3) is 6.43 Å². The van der Waals surface area contributed by atoms with Crippen LogP contribution < -0.4 is 4.72 Å². The number of rotatable bonds is 6. The Hall–Kier alpha value is -0.810. The largest absolute Gasteiger partial charge is 0.311 e. The summed E-state index contributed by atoms with van der Waals surface area (Å²) < 4.78 is 44.3. The Morgan fingerprint density at radius 1 is 1.38 bits per heavy atom. The van der Waals surface area contributed by atoms with Crippen molar-refractivity contribution >= 4 is 56.3 Å². The van der Waals surface area contributed by atoms with E-state index in [9.17, 15) is 13.2 Å². The van der Waals surface area contributed by atoms with E-state index in [-0.39, 0.29) is 5.01 Å². The Kier molecular flexibility index (Phi) is 4.98. The van der Waals surface area contributed by atoms with Crippen molar-refractivity contribution in [1.29, 1.82) is 0 Å². The molecule has 1 N–H and O–H groups in total. The second kappa shape index (κ2) is 6.97. The molecule has 4 nitrogen and oxygen atoms in total. The molecular weight excluding hydrogens is 473 g/mol. The summed E-state index contributed by atoms with van der Waals surface area (Å²) in [5.41, 5.74) is 0.858. The summed E-state index contributed by atoms with van der Waals surface area (Å²) in [4.78, 5) is 0.783. The highest BCUT2D eigenvalue weighted by Gasteiger charge is 2.42. The van der Waals surface area contributed by atoms with E-state index in [0.29, 0.717) is 21.2 Å². The molecule has 0 aromatic carbocycles. The minimum Gasteiger partial charge on any atom is -0.311 e. The zero-order valence-electron chi connectivity index (χ0n) is 13.0. The number of alkyl halides is 3. The summed E-state index contributed by atoms with van der Waals surface area (Å²) in [7, 11) is 0. The summed E-state index contributed by atoms with van der Waals surface area (Å²) in [5, 5.41) is 7.93. The Balaban J connectivity index is 1.73. The summed E-state index contributed by atoms with van der Waals surface area (Å²) in [6.07, 6.45) is 0.754. The van der Waals surface area contributed by atoms with Crippen LogP contribution in [0.4, 0.5) is 13.2 Å². The molecule has 1 fully saturated rings. The van der Waals surface area contributed by atoms with Crippen molar-refractivity contribution < 1.29 is 13.2 Å². The standard InChI is InChI=1S/C15H11BrClF3N4S2/c16-8-4-10(13-21-22-14(25-13)12(19)20)24-5-7(3-9(17)11(8)24)26-23-15(6-18)1-2-15/h3-5,12,23H,1-2,6H2. The molecule has 3 aromatic heterocycles. The average Bonchev–Trinajstić information content (AvgIpc) is 3.07. The highest BCUT2D eigenvalue weighted by molar-refractivity contribution is 9.10. The molecule has 0 unspecified atom stereocenters. The van der Waals surface area contributed by atoms with Crippen LogP contribution in [0.25, 0.3) is 16.2 Å². The van der Waals surface area contributed by atoms with Crippen molar-refractivity contribution in [2.24, 2.45) is 0 Å². The summed E-state index contributed by atoms with van der Waals surface area (Å²) >= 11 is 12.0. The normalized spacial score (nSPS) is 15.9. The zero-order chi connectivity index (χ0) is 18.5. The quantitative estimate of drug-likeness (QED) is 0.443. The molecule has 11 heteroatoms.